The molecule has 1 aliphatic heterocycles. The van der Waals surface area contributed by atoms with Crippen molar-refractivity contribution in [3.8, 4) is 0 Å². The molecule has 1 aromatic carbocycles. The highest BCUT2D eigenvalue weighted by Crippen LogP contribution is 2.34. The molecule has 4 rings (SSSR count). The van der Waals surface area contributed by atoms with Gasteiger partial charge in [0.2, 0.25) is 0 Å². The number of benzene rings is 1. The second-order valence-electron chi connectivity index (χ2n) is 4.80. The predicted molar refractivity (Wildman–Crippen MR) is 84.3 cm³/mol. The molecule has 0 saturated carbocycles. The maximum absolute atomic E-state index is 4.88. The first-order chi connectivity index (χ1) is 9.92. The van der Waals surface area contributed by atoms with Crippen LogP contribution >= 0.6 is 11.8 Å². The average Bonchev–Trinajstić information content (AvgIpc) is 3.14. The van der Waals surface area contributed by atoms with Gasteiger partial charge in [-0.2, -0.15) is 0 Å². The first kappa shape index (κ1) is 11.7. The van der Waals surface area contributed by atoms with E-state index >= 15 is 0 Å². The Morgan fingerprint density at radius 2 is 2.05 bits per heavy atom. The fourth-order valence-electron chi connectivity index (χ4n) is 2.51. The summed E-state index contributed by atoms with van der Waals surface area (Å²) in [4.78, 5) is 12.4. The molecule has 2 aromatic heterocycles. The average molecular weight is 279 g/mol. The van der Waals surface area contributed by atoms with E-state index in [0.717, 1.165) is 27.3 Å². The molecule has 3 nitrogen and oxygen atoms in total. The van der Waals surface area contributed by atoms with Crippen LogP contribution in [0.2, 0.25) is 0 Å². The largest absolute Gasteiger partial charge is 0.360 e. The monoisotopic (exact) mass is 279 g/mol. The molecular weight excluding hydrogens is 266 g/mol. The lowest BCUT2D eigenvalue weighted by atomic mass is 10.1. The molecule has 0 aliphatic carbocycles. The Balaban J connectivity index is 1.73. The second-order valence-corrected chi connectivity index (χ2v) is 5.80. The van der Waals surface area contributed by atoms with Gasteiger partial charge < -0.3 is 4.98 Å². The summed E-state index contributed by atoms with van der Waals surface area (Å²) < 4.78 is 0. The van der Waals surface area contributed by atoms with Gasteiger partial charge in [0, 0.05) is 40.8 Å². The van der Waals surface area contributed by atoms with Crippen LogP contribution in [0, 0.1) is 0 Å². The minimum absolute atomic E-state index is 0.262. The number of aliphatic imine (C=N–C) groups is 1. The van der Waals surface area contributed by atoms with Crippen LogP contribution in [0.15, 0.2) is 60.0 Å². The van der Waals surface area contributed by atoms with Gasteiger partial charge in [-0.05, 0) is 11.6 Å². The SMILES string of the molecule is c1ccc(C2CSC(c3c[nH]c4ccncc34)=N2)cc1. The van der Waals surface area contributed by atoms with E-state index in [0.29, 0.717) is 0 Å². The molecule has 1 N–H and O–H groups in total. The van der Waals surface area contributed by atoms with E-state index in [1.54, 1.807) is 6.20 Å². The number of hydrogen-bond donors (Lipinski definition) is 1. The molecule has 1 atom stereocenters. The number of nitrogens with one attached hydrogen (secondary N) is 1. The first-order valence-corrected chi connectivity index (χ1v) is 7.57. The zero-order valence-corrected chi connectivity index (χ0v) is 11.6. The third-order valence-corrected chi connectivity index (χ3v) is 4.63. The number of H-pyrrole nitrogens is 1. The highest BCUT2D eigenvalue weighted by molar-refractivity contribution is 8.14. The van der Waals surface area contributed by atoms with Gasteiger partial charge in [-0.3, -0.25) is 9.98 Å². The number of pyridine rings is 1. The van der Waals surface area contributed by atoms with Crippen molar-refractivity contribution >= 4 is 27.7 Å². The molecule has 0 radical (unpaired) electrons. The lowest BCUT2D eigenvalue weighted by Crippen LogP contribution is -1.93. The van der Waals surface area contributed by atoms with Gasteiger partial charge in [0.25, 0.3) is 0 Å². The molecule has 0 bridgehead atoms. The molecule has 0 saturated heterocycles. The van der Waals surface area contributed by atoms with Crippen LogP contribution in [0.4, 0.5) is 0 Å². The van der Waals surface area contributed by atoms with Crippen LogP contribution < -0.4 is 0 Å². The van der Waals surface area contributed by atoms with Crippen LogP contribution in [-0.4, -0.2) is 20.8 Å². The van der Waals surface area contributed by atoms with E-state index in [-0.39, 0.29) is 6.04 Å². The summed E-state index contributed by atoms with van der Waals surface area (Å²) in [7, 11) is 0. The predicted octanol–water partition coefficient (Wildman–Crippen LogP) is 3.80. The van der Waals surface area contributed by atoms with Crippen molar-refractivity contribution in [3.05, 3.63) is 66.1 Å². The van der Waals surface area contributed by atoms with Gasteiger partial charge in [-0.25, -0.2) is 0 Å². The van der Waals surface area contributed by atoms with Crippen LogP contribution in [0.1, 0.15) is 17.2 Å². The van der Waals surface area contributed by atoms with Gasteiger partial charge in [-0.15, -0.1) is 11.8 Å². The fraction of sp³-hybridized carbons (Fsp3) is 0.125. The molecule has 0 spiro atoms. The number of aromatic amines is 1. The van der Waals surface area contributed by atoms with Crippen LogP contribution in [0.5, 0.6) is 0 Å². The first-order valence-electron chi connectivity index (χ1n) is 6.59. The Bertz CT molecular complexity index is 777. The molecule has 20 heavy (non-hydrogen) atoms. The fourth-order valence-corrected chi connectivity index (χ4v) is 3.62. The minimum Gasteiger partial charge on any atom is -0.360 e. The minimum atomic E-state index is 0.262. The summed E-state index contributed by atoms with van der Waals surface area (Å²) >= 11 is 1.82. The van der Waals surface area contributed by atoms with E-state index in [2.05, 4.69) is 34.2 Å². The number of aromatic nitrogens is 2. The van der Waals surface area contributed by atoms with E-state index in [1.807, 2.05) is 36.3 Å². The highest BCUT2D eigenvalue weighted by atomic mass is 32.2. The zero-order valence-electron chi connectivity index (χ0n) is 10.8. The van der Waals surface area contributed by atoms with E-state index in [4.69, 9.17) is 4.99 Å². The third kappa shape index (κ3) is 1.93. The zero-order chi connectivity index (χ0) is 13.4. The topological polar surface area (TPSA) is 41.0 Å². The lowest BCUT2D eigenvalue weighted by molar-refractivity contribution is 0.850. The Labute approximate surface area is 121 Å². The van der Waals surface area contributed by atoms with E-state index < -0.39 is 0 Å². The maximum Gasteiger partial charge on any atom is 0.101 e. The van der Waals surface area contributed by atoms with E-state index in [1.165, 1.54) is 5.56 Å². The molecule has 0 amide bonds. The summed E-state index contributed by atoms with van der Waals surface area (Å²) in [6, 6.07) is 12.7. The molecule has 1 aliphatic rings. The molecule has 1 unspecified atom stereocenters. The van der Waals surface area contributed by atoms with Gasteiger partial charge in [0.05, 0.1) is 6.04 Å². The van der Waals surface area contributed by atoms with Gasteiger partial charge in [0.15, 0.2) is 0 Å². The summed E-state index contributed by atoms with van der Waals surface area (Å²) in [5.74, 6) is 1.01. The normalized spacial score (nSPS) is 18.4. The Hall–Kier alpha value is -2.07. The van der Waals surface area contributed by atoms with Crippen molar-refractivity contribution in [2.24, 2.45) is 4.99 Å². The molecule has 3 heterocycles. The number of thioether (sulfide) groups is 1. The summed E-state index contributed by atoms with van der Waals surface area (Å²) in [5, 5.41) is 2.26. The molecule has 98 valence electrons. The Morgan fingerprint density at radius 3 is 2.95 bits per heavy atom. The van der Waals surface area contributed by atoms with Gasteiger partial charge in [-0.1, -0.05) is 30.3 Å². The molecular formula is C16H13N3S. The quantitative estimate of drug-likeness (QED) is 0.775. The standard InChI is InChI=1S/C16H13N3S/c1-2-4-11(5-3-1)15-10-20-16(19-15)13-9-18-14-6-7-17-8-12(13)14/h1-9,15,18H,10H2. The van der Waals surface area contributed by atoms with Gasteiger partial charge >= 0.3 is 0 Å². The molecule has 3 aromatic rings. The third-order valence-electron chi connectivity index (χ3n) is 3.55. The van der Waals surface area contributed by atoms with Gasteiger partial charge in [0.1, 0.15) is 5.04 Å². The Kier molecular flexibility index (Phi) is 2.81. The number of fused-ring (bicyclic) bond motifs is 1. The van der Waals surface area contributed by atoms with Crippen molar-refractivity contribution in [1.29, 1.82) is 0 Å². The Morgan fingerprint density at radius 1 is 1.15 bits per heavy atom. The van der Waals surface area contributed by atoms with Crippen molar-refractivity contribution in [1.82, 2.24) is 9.97 Å². The van der Waals surface area contributed by atoms with Crippen LogP contribution in [0.3, 0.4) is 0 Å². The maximum atomic E-state index is 4.88. The number of nitrogens with zero attached hydrogens (tertiary/aromatic N) is 2. The van der Waals surface area contributed by atoms with E-state index in [9.17, 15) is 0 Å². The highest BCUT2D eigenvalue weighted by Gasteiger charge is 2.22. The second kappa shape index (κ2) is 4.80. The van der Waals surface area contributed by atoms with Crippen molar-refractivity contribution in [2.75, 3.05) is 5.75 Å². The van der Waals surface area contributed by atoms with Crippen LogP contribution in [0.25, 0.3) is 10.9 Å². The summed E-state index contributed by atoms with van der Waals surface area (Å²) in [6.45, 7) is 0. The van der Waals surface area contributed by atoms with Crippen molar-refractivity contribution in [2.45, 2.75) is 6.04 Å². The summed E-state index contributed by atoms with van der Waals surface area (Å²) in [5.41, 5.74) is 3.56. The summed E-state index contributed by atoms with van der Waals surface area (Å²) in [6.07, 6.45) is 5.74. The van der Waals surface area contributed by atoms with Crippen molar-refractivity contribution in [3.63, 3.8) is 0 Å². The van der Waals surface area contributed by atoms with Crippen LogP contribution in [-0.2, 0) is 0 Å². The number of hydrogen-bond acceptors (Lipinski definition) is 3. The molecule has 4 heteroatoms. The smallest absolute Gasteiger partial charge is 0.101 e. The lowest BCUT2D eigenvalue weighted by Gasteiger charge is -2.04. The van der Waals surface area contributed by atoms with Crippen molar-refractivity contribution < 1.29 is 0 Å². The molecule has 0 fully saturated rings. The number of rotatable bonds is 2.